The number of ether oxygens (including phenoxy) is 1. The molecule has 1 aliphatic heterocycles. The number of hydrogen-bond donors (Lipinski definition) is 0. The van der Waals surface area contributed by atoms with E-state index in [0.717, 1.165) is 35.3 Å². The van der Waals surface area contributed by atoms with Gasteiger partial charge in [0.2, 0.25) is 5.76 Å². The monoisotopic (exact) mass is 487 g/mol. The van der Waals surface area contributed by atoms with E-state index in [2.05, 4.69) is 6.92 Å². The van der Waals surface area contributed by atoms with Gasteiger partial charge in [0.05, 0.1) is 23.6 Å². The molecule has 3 aromatic carbocycles. The molecule has 0 spiro atoms. The normalized spacial score (nSPS) is 15.0. The second-order valence-corrected chi connectivity index (χ2v) is 9.36. The smallest absolute Gasteiger partial charge is 0.295 e. The Kier molecular flexibility index (Phi) is 6.12. The molecule has 4 aromatic rings. The van der Waals surface area contributed by atoms with Crippen LogP contribution in [0.4, 0.5) is 5.69 Å². The van der Waals surface area contributed by atoms with E-state index in [-0.39, 0.29) is 17.1 Å². The number of halogens is 1. The number of unbranched alkanes of at least 4 members (excludes halogenated alkanes) is 1. The Morgan fingerprint density at radius 1 is 1.00 bits per heavy atom. The number of hydrogen-bond acceptors (Lipinski definition) is 4. The average molecular weight is 488 g/mol. The molecule has 1 aromatic heterocycles. The summed E-state index contributed by atoms with van der Waals surface area (Å²) >= 11 is 6.42. The van der Waals surface area contributed by atoms with Gasteiger partial charge in [-0.1, -0.05) is 54.8 Å². The third-order valence-corrected chi connectivity index (χ3v) is 6.83. The molecular formula is C29H26ClNO4. The second kappa shape index (κ2) is 9.23. The van der Waals surface area contributed by atoms with Gasteiger partial charge < -0.3 is 9.15 Å². The zero-order valence-electron chi connectivity index (χ0n) is 19.9. The summed E-state index contributed by atoms with van der Waals surface area (Å²) in [7, 11) is 0. The van der Waals surface area contributed by atoms with Crippen LogP contribution >= 0.6 is 11.6 Å². The van der Waals surface area contributed by atoms with E-state index in [0.29, 0.717) is 33.8 Å². The van der Waals surface area contributed by atoms with Gasteiger partial charge in [0.15, 0.2) is 5.43 Å². The number of rotatable bonds is 6. The van der Waals surface area contributed by atoms with E-state index in [1.807, 2.05) is 56.3 Å². The van der Waals surface area contributed by atoms with Crippen LogP contribution in [0.2, 0.25) is 5.02 Å². The number of carbonyl (C=O) groups excluding carboxylic acids is 1. The first-order valence-corrected chi connectivity index (χ1v) is 12.2. The Balaban J connectivity index is 1.68. The van der Waals surface area contributed by atoms with Gasteiger partial charge in [-0.3, -0.25) is 14.5 Å². The van der Waals surface area contributed by atoms with Crippen molar-refractivity contribution in [2.75, 3.05) is 11.5 Å². The van der Waals surface area contributed by atoms with Crippen molar-refractivity contribution in [1.82, 2.24) is 0 Å². The lowest BCUT2D eigenvalue weighted by Gasteiger charge is -2.26. The van der Waals surface area contributed by atoms with E-state index in [1.165, 1.54) is 0 Å². The average Bonchev–Trinajstić information content (AvgIpc) is 3.14. The highest BCUT2D eigenvalue weighted by Crippen LogP contribution is 2.42. The highest BCUT2D eigenvalue weighted by atomic mass is 35.5. The van der Waals surface area contributed by atoms with Crippen LogP contribution in [0.15, 0.2) is 69.9 Å². The molecule has 1 amide bonds. The molecule has 178 valence electrons. The fraction of sp³-hybridized carbons (Fsp3) is 0.241. The van der Waals surface area contributed by atoms with Crippen molar-refractivity contribution in [2.24, 2.45) is 0 Å². The molecule has 1 atom stereocenters. The maximum absolute atomic E-state index is 13.8. The van der Waals surface area contributed by atoms with Crippen molar-refractivity contribution in [3.05, 3.63) is 104 Å². The summed E-state index contributed by atoms with van der Waals surface area (Å²) in [6.45, 7) is 6.58. The van der Waals surface area contributed by atoms with Crippen molar-refractivity contribution >= 4 is 34.2 Å². The van der Waals surface area contributed by atoms with Crippen LogP contribution in [0, 0.1) is 13.8 Å². The Bertz CT molecular complexity index is 1490. The number of benzene rings is 3. The number of carbonyl (C=O) groups is 1. The molecule has 0 saturated heterocycles. The summed E-state index contributed by atoms with van der Waals surface area (Å²) in [6.07, 6.45) is 2.03. The van der Waals surface area contributed by atoms with Crippen LogP contribution in [0.25, 0.3) is 11.0 Å². The fourth-order valence-corrected chi connectivity index (χ4v) is 4.66. The Morgan fingerprint density at radius 2 is 1.77 bits per heavy atom. The molecule has 35 heavy (non-hydrogen) atoms. The zero-order valence-corrected chi connectivity index (χ0v) is 20.7. The van der Waals surface area contributed by atoms with Crippen LogP contribution in [-0.2, 0) is 0 Å². The second-order valence-electron chi connectivity index (χ2n) is 8.96. The molecular weight excluding hydrogens is 462 g/mol. The predicted octanol–water partition coefficient (Wildman–Crippen LogP) is 6.99. The standard InChI is InChI=1S/C29H26ClNO4/c1-4-5-14-34-21-11-8-19(9-12-21)26-25-27(32)22-15-17(2)6-13-24(22)35-28(25)29(33)31(26)20-10-7-18(3)23(30)16-20/h6-13,15-16,26H,4-5,14H2,1-3H3. The van der Waals surface area contributed by atoms with Crippen molar-refractivity contribution in [1.29, 1.82) is 0 Å². The molecule has 0 aliphatic carbocycles. The third kappa shape index (κ3) is 4.10. The number of amides is 1. The number of nitrogens with zero attached hydrogens (tertiary/aromatic N) is 1. The lowest BCUT2D eigenvalue weighted by Crippen LogP contribution is -2.29. The molecule has 1 unspecified atom stereocenters. The Morgan fingerprint density at radius 3 is 2.49 bits per heavy atom. The molecule has 0 N–H and O–H groups in total. The van der Waals surface area contributed by atoms with E-state index < -0.39 is 6.04 Å². The van der Waals surface area contributed by atoms with Gasteiger partial charge in [0, 0.05) is 10.7 Å². The van der Waals surface area contributed by atoms with Crippen molar-refractivity contribution in [3.63, 3.8) is 0 Å². The quantitative estimate of drug-likeness (QED) is 0.275. The minimum atomic E-state index is -0.651. The predicted molar refractivity (Wildman–Crippen MR) is 139 cm³/mol. The summed E-state index contributed by atoms with van der Waals surface area (Å²) < 4.78 is 11.9. The molecule has 0 radical (unpaired) electrons. The van der Waals surface area contributed by atoms with Gasteiger partial charge in [-0.05, 0) is 67.8 Å². The number of anilines is 1. The van der Waals surface area contributed by atoms with Crippen molar-refractivity contribution < 1.29 is 13.9 Å². The maximum atomic E-state index is 13.8. The molecule has 5 nitrogen and oxygen atoms in total. The third-order valence-electron chi connectivity index (χ3n) is 6.42. The summed E-state index contributed by atoms with van der Waals surface area (Å²) in [4.78, 5) is 29.1. The number of fused-ring (bicyclic) bond motifs is 2. The molecule has 5 rings (SSSR count). The molecule has 0 saturated carbocycles. The number of aryl methyl sites for hydroxylation is 2. The zero-order chi connectivity index (χ0) is 24.7. The fourth-order valence-electron chi connectivity index (χ4n) is 4.48. The summed E-state index contributed by atoms with van der Waals surface area (Å²) in [5.74, 6) is 0.446. The minimum absolute atomic E-state index is 0.0660. The Labute approximate surface area is 208 Å². The highest BCUT2D eigenvalue weighted by Gasteiger charge is 2.43. The summed E-state index contributed by atoms with van der Waals surface area (Å²) in [5.41, 5.74) is 3.77. The summed E-state index contributed by atoms with van der Waals surface area (Å²) in [6, 6.07) is 17.8. The molecule has 0 fully saturated rings. The van der Waals surface area contributed by atoms with Crippen LogP contribution in [-0.4, -0.2) is 12.5 Å². The van der Waals surface area contributed by atoms with E-state index in [4.69, 9.17) is 20.8 Å². The van der Waals surface area contributed by atoms with Crippen molar-refractivity contribution in [3.8, 4) is 5.75 Å². The van der Waals surface area contributed by atoms with Gasteiger partial charge in [0.25, 0.3) is 5.91 Å². The van der Waals surface area contributed by atoms with E-state index in [1.54, 1.807) is 23.1 Å². The minimum Gasteiger partial charge on any atom is -0.494 e. The first-order chi connectivity index (χ1) is 16.9. The first-order valence-electron chi connectivity index (χ1n) is 11.8. The van der Waals surface area contributed by atoms with Gasteiger partial charge in [-0.25, -0.2) is 0 Å². The molecule has 2 heterocycles. The summed E-state index contributed by atoms with van der Waals surface area (Å²) in [5, 5.41) is 1.01. The Hall–Kier alpha value is -3.57. The molecule has 1 aliphatic rings. The van der Waals surface area contributed by atoms with Crippen molar-refractivity contribution in [2.45, 2.75) is 39.7 Å². The van der Waals surface area contributed by atoms with Crippen LogP contribution in [0.1, 0.15) is 58.6 Å². The topological polar surface area (TPSA) is 59.8 Å². The van der Waals surface area contributed by atoms with Gasteiger partial charge in [-0.15, -0.1) is 0 Å². The molecule has 0 bridgehead atoms. The lowest BCUT2D eigenvalue weighted by atomic mass is 9.97. The highest BCUT2D eigenvalue weighted by molar-refractivity contribution is 6.31. The van der Waals surface area contributed by atoms with Gasteiger partial charge in [0.1, 0.15) is 11.3 Å². The lowest BCUT2D eigenvalue weighted by molar-refractivity contribution is 0.0971. The largest absolute Gasteiger partial charge is 0.494 e. The van der Waals surface area contributed by atoms with Gasteiger partial charge >= 0.3 is 0 Å². The van der Waals surface area contributed by atoms with E-state index >= 15 is 0 Å². The van der Waals surface area contributed by atoms with Gasteiger partial charge in [-0.2, -0.15) is 0 Å². The first kappa shape index (κ1) is 23.2. The van der Waals surface area contributed by atoms with Crippen LogP contribution in [0.5, 0.6) is 5.75 Å². The van der Waals surface area contributed by atoms with Crippen LogP contribution in [0.3, 0.4) is 0 Å². The molecule has 6 heteroatoms. The van der Waals surface area contributed by atoms with Crippen LogP contribution < -0.4 is 15.1 Å². The SMILES string of the molecule is CCCCOc1ccc(C2c3c(oc4ccc(C)cc4c3=O)C(=O)N2c2ccc(C)c(Cl)c2)cc1. The maximum Gasteiger partial charge on any atom is 0.295 e. The van der Waals surface area contributed by atoms with E-state index in [9.17, 15) is 9.59 Å².